The van der Waals surface area contributed by atoms with Gasteiger partial charge in [-0.3, -0.25) is 0 Å². The lowest BCUT2D eigenvalue weighted by Crippen LogP contribution is -1.95. The van der Waals surface area contributed by atoms with Crippen molar-refractivity contribution in [1.29, 1.82) is 0 Å². The summed E-state index contributed by atoms with van der Waals surface area (Å²) < 4.78 is 2.14. The number of fused-ring (bicyclic) bond motifs is 4. The first-order valence-corrected chi connectivity index (χ1v) is 7.14. The minimum absolute atomic E-state index is 0.808. The Labute approximate surface area is 128 Å². The van der Waals surface area contributed by atoms with Gasteiger partial charge in [0.25, 0.3) is 0 Å². The van der Waals surface area contributed by atoms with E-state index in [4.69, 9.17) is 0 Å². The zero-order valence-electron chi connectivity index (χ0n) is 12.4. The number of allylic oxidation sites excluding steroid dienone is 2. The van der Waals surface area contributed by atoms with Crippen LogP contribution in [0.2, 0.25) is 0 Å². The van der Waals surface area contributed by atoms with E-state index in [1.165, 1.54) is 10.8 Å². The molecule has 0 aliphatic rings. The maximum absolute atomic E-state index is 4.51. The van der Waals surface area contributed by atoms with Crippen LogP contribution in [0.3, 0.4) is 0 Å². The van der Waals surface area contributed by atoms with Gasteiger partial charge in [0.2, 0.25) is 0 Å². The third-order valence-corrected chi connectivity index (χ3v) is 4.19. The summed E-state index contributed by atoms with van der Waals surface area (Å²) in [5, 5.41) is 3.57. The minimum Gasteiger partial charge on any atom is -0.340 e. The number of rotatable bonds is 2. The van der Waals surface area contributed by atoms with Crippen LogP contribution in [0, 0.1) is 0 Å². The molecule has 4 rings (SSSR count). The summed E-state index contributed by atoms with van der Waals surface area (Å²) in [5.41, 5.74) is 4.74. The number of aryl methyl sites for hydroxylation is 1. The van der Waals surface area contributed by atoms with Gasteiger partial charge >= 0.3 is 0 Å². The summed E-state index contributed by atoms with van der Waals surface area (Å²) in [5.74, 6) is 0. The van der Waals surface area contributed by atoms with Crippen molar-refractivity contribution in [2.75, 3.05) is 0 Å². The molecule has 3 nitrogen and oxygen atoms in total. The van der Waals surface area contributed by atoms with E-state index in [9.17, 15) is 0 Å². The van der Waals surface area contributed by atoms with Gasteiger partial charge in [-0.15, -0.1) is 0 Å². The van der Waals surface area contributed by atoms with E-state index in [-0.39, 0.29) is 0 Å². The molecule has 0 atom stereocenters. The summed E-state index contributed by atoms with van der Waals surface area (Å²) in [4.78, 5) is 8.91. The van der Waals surface area contributed by atoms with E-state index < -0.39 is 0 Å². The quantitative estimate of drug-likeness (QED) is 0.509. The molecule has 4 aromatic rings. The Morgan fingerprint density at radius 2 is 1.86 bits per heavy atom. The average molecular weight is 285 g/mol. The van der Waals surface area contributed by atoms with Crippen LogP contribution in [-0.4, -0.2) is 14.5 Å². The van der Waals surface area contributed by atoms with Crippen molar-refractivity contribution in [3.8, 4) is 0 Å². The highest BCUT2D eigenvalue weighted by Crippen LogP contribution is 2.33. The van der Waals surface area contributed by atoms with Gasteiger partial charge in [0.1, 0.15) is 11.8 Å². The van der Waals surface area contributed by atoms with Crippen LogP contribution < -0.4 is 0 Å². The van der Waals surface area contributed by atoms with Gasteiger partial charge in [-0.1, -0.05) is 43.5 Å². The molecule has 0 bridgehead atoms. The molecule has 2 aromatic carbocycles. The van der Waals surface area contributed by atoms with E-state index in [2.05, 4.69) is 64.1 Å². The Hall–Kier alpha value is -2.94. The zero-order chi connectivity index (χ0) is 15.3. The standard InChI is InChI=1S/C19H15N3/c1-4-12(2)17-19-18(21-11-20-17)15-9-13-7-5-6-8-14(13)10-16(15)22(19)3/h4-11H,1-2H2,3H3. The first-order chi connectivity index (χ1) is 10.7. The van der Waals surface area contributed by atoms with E-state index in [1.807, 2.05) is 7.05 Å². The van der Waals surface area contributed by atoms with Crippen molar-refractivity contribution in [3.63, 3.8) is 0 Å². The third-order valence-electron chi connectivity index (χ3n) is 4.19. The normalized spacial score (nSPS) is 11.3. The molecule has 0 fully saturated rings. The van der Waals surface area contributed by atoms with Crippen molar-refractivity contribution < 1.29 is 0 Å². The number of aromatic nitrogens is 3. The monoisotopic (exact) mass is 285 g/mol. The summed E-state index contributed by atoms with van der Waals surface area (Å²) in [6.45, 7) is 7.84. The van der Waals surface area contributed by atoms with Crippen molar-refractivity contribution in [1.82, 2.24) is 14.5 Å². The lowest BCUT2D eigenvalue weighted by atomic mass is 10.1. The Balaban J connectivity index is 2.24. The van der Waals surface area contributed by atoms with Gasteiger partial charge in [-0.25, -0.2) is 9.97 Å². The summed E-state index contributed by atoms with van der Waals surface area (Å²) in [6, 6.07) is 12.8. The van der Waals surface area contributed by atoms with Crippen LogP contribution in [0.15, 0.2) is 62.0 Å². The molecule has 22 heavy (non-hydrogen) atoms. The van der Waals surface area contributed by atoms with Crippen LogP contribution in [0.25, 0.3) is 38.3 Å². The highest BCUT2D eigenvalue weighted by molar-refractivity contribution is 6.12. The first kappa shape index (κ1) is 12.8. The Morgan fingerprint density at radius 3 is 2.59 bits per heavy atom. The van der Waals surface area contributed by atoms with Gasteiger partial charge in [0.15, 0.2) is 0 Å². The predicted octanol–water partition coefficient (Wildman–Crippen LogP) is 4.47. The van der Waals surface area contributed by atoms with Crippen molar-refractivity contribution >= 4 is 38.3 Å². The van der Waals surface area contributed by atoms with E-state index in [1.54, 1.807) is 12.4 Å². The van der Waals surface area contributed by atoms with Gasteiger partial charge in [0.05, 0.1) is 16.7 Å². The molecule has 0 radical (unpaired) electrons. The topological polar surface area (TPSA) is 30.7 Å². The second-order valence-corrected chi connectivity index (χ2v) is 5.42. The molecule has 0 saturated carbocycles. The van der Waals surface area contributed by atoms with E-state index >= 15 is 0 Å². The smallest absolute Gasteiger partial charge is 0.116 e. The number of benzene rings is 2. The van der Waals surface area contributed by atoms with Gasteiger partial charge in [0, 0.05) is 12.4 Å². The fourth-order valence-corrected chi connectivity index (χ4v) is 3.04. The Kier molecular flexibility index (Phi) is 2.63. The van der Waals surface area contributed by atoms with Crippen molar-refractivity contribution in [2.24, 2.45) is 7.05 Å². The lowest BCUT2D eigenvalue weighted by Gasteiger charge is -2.04. The van der Waals surface area contributed by atoms with Crippen molar-refractivity contribution in [3.05, 3.63) is 67.7 Å². The average Bonchev–Trinajstić information content (AvgIpc) is 2.85. The maximum Gasteiger partial charge on any atom is 0.116 e. The molecule has 0 aliphatic carbocycles. The van der Waals surface area contributed by atoms with Gasteiger partial charge in [-0.2, -0.15) is 0 Å². The third kappa shape index (κ3) is 1.62. The zero-order valence-corrected chi connectivity index (χ0v) is 12.4. The van der Waals surface area contributed by atoms with Crippen molar-refractivity contribution in [2.45, 2.75) is 0 Å². The number of hydrogen-bond donors (Lipinski definition) is 0. The van der Waals surface area contributed by atoms with E-state index in [0.29, 0.717) is 0 Å². The van der Waals surface area contributed by atoms with Gasteiger partial charge < -0.3 is 4.57 Å². The van der Waals surface area contributed by atoms with E-state index in [0.717, 1.165) is 33.2 Å². The summed E-state index contributed by atoms with van der Waals surface area (Å²) in [6.07, 6.45) is 3.33. The Morgan fingerprint density at radius 1 is 1.14 bits per heavy atom. The molecule has 3 heteroatoms. The molecular formula is C19H15N3. The first-order valence-electron chi connectivity index (χ1n) is 7.14. The molecule has 2 heterocycles. The summed E-state index contributed by atoms with van der Waals surface area (Å²) in [7, 11) is 2.04. The molecule has 2 aromatic heterocycles. The van der Waals surface area contributed by atoms with Crippen LogP contribution in [0.4, 0.5) is 0 Å². The highest BCUT2D eigenvalue weighted by atomic mass is 15.0. The molecule has 106 valence electrons. The highest BCUT2D eigenvalue weighted by Gasteiger charge is 2.15. The number of hydrogen-bond acceptors (Lipinski definition) is 2. The van der Waals surface area contributed by atoms with Crippen LogP contribution >= 0.6 is 0 Å². The largest absolute Gasteiger partial charge is 0.340 e. The molecule has 0 unspecified atom stereocenters. The fraction of sp³-hybridized carbons (Fsp3) is 0.0526. The lowest BCUT2D eigenvalue weighted by molar-refractivity contribution is 1.000. The second kappa shape index (κ2) is 4.53. The van der Waals surface area contributed by atoms with Crippen LogP contribution in [0.1, 0.15) is 5.69 Å². The maximum atomic E-state index is 4.51. The number of nitrogens with zero attached hydrogens (tertiary/aromatic N) is 3. The summed E-state index contributed by atoms with van der Waals surface area (Å²) >= 11 is 0. The fourth-order valence-electron chi connectivity index (χ4n) is 3.04. The Bertz CT molecular complexity index is 1070. The SMILES string of the molecule is C=CC(=C)c1ncnc2c3cc4ccccc4cc3n(C)c12. The predicted molar refractivity (Wildman–Crippen MR) is 92.8 cm³/mol. The molecule has 0 N–H and O–H groups in total. The molecular weight excluding hydrogens is 270 g/mol. The molecule has 0 aliphatic heterocycles. The van der Waals surface area contributed by atoms with Crippen LogP contribution in [0.5, 0.6) is 0 Å². The molecule has 0 amide bonds. The minimum atomic E-state index is 0.808. The second-order valence-electron chi connectivity index (χ2n) is 5.42. The molecule has 0 spiro atoms. The van der Waals surface area contributed by atoms with Crippen LogP contribution in [-0.2, 0) is 7.05 Å². The molecule has 0 saturated heterocycles. The van der Waals surface area contributed by atoms with Gasteiger partial charge in [-0.05, 0) is 28.5 Å².